The van der Waals surface area contributed by atoms with E-state index in [2.05, 4.69) is 10.6 Å². The Kier molecular flexibility index (Phi) is 6.59. The average Bonchev–Trinajstić information content (AvgIpc) is 3.54. The summed E-state index contributed by atoms with van der Waals surface area (Å²) in [5, 5.41) is 16.0. The van der Waals surface area contributed by atoms with Gasteiger partial charge in [0.25, 0.3) is 0 Å². The van der Waals surface area contributed by atoms with Crippen molar-refractivity contribution in [3.8, 4) is 0 Å². The number of nitrogens with one attached hydrogen (secondary N) is 2. The van der Waals surface area contributed by atoms with Crippen molar-refractivity contribution in [2.45, 2.75) is 54.9 Å². The van der Waals surface area contributed by atoms with Crippen LogP contribution in [-0.2, 0) is 27.5 Å². The number of amides is 3. The Balaban J connectivity index is 1.39. The molecule has 7 nitrogen and oxygen atoms in total. The zero-order valence-corrected chi connectivity index (χ0v) is 20.5. The number of fused-ring (bicyclic) bond motifs is 1. The molecule has 3 heterocycles. The fourth-order valence-electron chi connectivity index (χ4n) is 6.04. The normalized spacial score (nSPS) is 29.7. The molecule has 2 aromatic carbocycles. The summed E-state index contributed by atoms with van der Waals surface area (Å²) in [5.41, 5.74) is 1.97. The minimum atomic E-state index is -0.715. The second-order valence-electron chi connectivity index (χ2n) is 9.74. The third-order valence-corrected chi connectivity index (χ3v) is 9.60. The summed E-state index contributed by atoms with van der Waals surface area (Å²) < 4.78 is -0.652. The summed E-state index contributed by atoms with van der Waals surface area (Å²) in [4.78, 5) is 42.3. The second-order valence-corrected chi connectivity index (χ2v) is 11.3. The molecule has 2 aromatic rings. The summed E-state index contributed by atoms with van der Waals surface area (Å²) in [6.45, 7) is 2.28. The van der Waals surface area contributed by atoms with Crippen molar-refractivity contribution in [1.82, 2.24) is 15.5 Å². The molecule has 3 aliphatic heterocycles. The topological polar surface area (TPSA) is 98.7 Å². The molecule has 35 heavy (non-hydrogen) atoms. The molecule has 3 amide bonds. The molecule has 0 aromatic heterocycles. The summed E-state index contributed by atoms with van der Waals surface area (Å²) >= 11 is 1.64. The van der Waals surface area contributed by atoms with Crippen LogP contribution in [0.2, 0.25) is 0 Å². The molecular weight excluding hydrogens is 462 g/mol. The van der Waals surface area contributed by atoms with E-state index in [0.29, 0.717) is 19.5 Å². The van der Waals surface area contributed by atoms with Gasteiger partial charge in [0, 0.05) is 18.3 Å². The van der Waals surface area contributed by atoms with E-state index >= 15 is 0 Å². The van der Waals surface area contributed by atoms with Crippen LogP contribution in [0.1, 0.15) is 30.9 Å². The lowest BCUT2D eigenvalue weighted by Crippen LogP contribution is -2.55. The van der Waals surface area contributed by atoms with Crippen LogP contribution < -0.4 is 10.6 Å². The molecule has 0 aliphatic carbocycles. The minimum Gasteiger partial charge on any atom is -0.394 e. The van der Waals surface area contributed by atoms with Gasteiger partial charge in [-0.05, 0) is 30.9 Å². The monoisotopic (exact) mass is 493 g/mol. The Hall–Kier alpha value is -2.84. The molecule has 2 unspecified atom stereocenters. The minimum absolute atomic E-state index is 0.00993. The maximum absolute atomic E-state index is 13.8. The van der Waals surface area contributed by atoms with Crippen LogP contribution in [0.15, 0.2) is 60.7 Å². The number of aliphatic hydroxyl groups is 1. The zero-order chi connectivity index (χ0) is 24.6. The Labute approximate surface area is 209 Å². The molecule has 3 N–H and O–H groups in total. The molecule has 1 spiro atoms. The molecule has 184 valence electrons. The van der Waals surface area contributed by atoms with Gasteiger partial charge in [-0.1, -0.05) is 60.7 Å². The summed E-state index contributed by atoms with van der Waals surface area (Å²) in [6, 6.07) is 18.1. The van der Waals surface area contributed by atoms with Gasteiger partial charge >= 0.3 is 0 Å². The first-order valence-corrected chi connectivity index (χ1v) is 13.1. The van der Waals surface area contributed by atoms with E-state index in [4.69, 9.17) is 0 Å². The quantitative estimate of drug-likeness (QED) is 0.523. The van der Waals surface area contributed by atoms with E-state index in [1.807, 2.05) is 60.7 Å². The van der Waals surface area contributed by atoms with Crippen LogP contribution in [0.4, 0.5) is 0 Å². The van der Waals surface area contributed by atoms with Gasteiger partial charge < -0.3 is 20.6 Å². The van der Waals surface area contributed by atoms with E-state index < -0.39 is 28.7 Å². The van der Waals surface area contributed by atoms with E-state index in [0.717, 1.165) is 17.5 Å². The Morgan fingerprint density at radius 2 is 1.60 bits per heavy atom. The first-order chi connectivity index (χ1) is 17.0. The van der Waals surface area contributed by atoms with Crippen molar-refractivity contribution in [2.75, 3.05) is 6.61 Å². The van der Waals surface area contributed by atoms with Gasteiger partial charge in [0.2, 0.25) is 17.7 Å². The maximum Gasteiger partial charge on any atom is 0.244 e. The highest BCUT2D eigenvalue weighted by atomic mass is 32.2. The number of thioether (sulfide) groups is 1. The van der Waals surface area contributed by atoms with Crippen molar-refractivity contribution >= 4 is 29.5 Å². The van der Waals surface area contributed by atoms with Gasteiger partial charge in [0.15, 0.2) is 0 Å². The fraction of sp³-hybridized carbons (Fsp3) is 0.444. The number of rotatable bonds is 8. The highest BCUT2D eigenvalue weighted by Crippen LogP contribution is 2.66. The predicted octanol–water partition coefficient (Wildman–Crippen LogP) is 2.09. The van der Waals surface area contributed by atoms with Gasteiger partial charge in [0.05, 0.1) is 29.2 Å². The van der Waals surface area contributed by atoms with Gasteiger partial charge in [-0.3, -0.25) is 14.4 Å². The van der Waals surface area contributed by atoms with Crippen LogP contribution >= 0.6 is 11.8 Å². The number of hydrogen-bond acceptors (Lipinski definition) is 5. The lowest BCUT2D eigenvalue weighted by Gasteiger charge is -2.36. The number of benzene rings is 2. The van der Waals surface area contributed by atoms with Crippen molar-refractivity contribution in [2.24, 2.45) is 11.8 Å². The molecule has 0 radical (unpaired) electrons. The number of hydrogen-bond donors (Lipinski definition) is 3. The standard InChI is InChI=1S/C27H31N3O4S/c1-17(16-31)30-23(25(33)29-15-19-10-6-3-7-11-19)27-13-12-20(35-27)21(22(27)26(30)34)24(32)28-14-18-8-4-2-5-9-18/h2-11,17,20-23,31H,12-16H2,1H3,(H,28,32)(H,29,33)/t17-,20-,21+,22+,23?,27?/m1/s1. The summed E-state index contributed by atoms with van der Waals surface area (Å²) in [6.07, 6.45) is 1.50. The summed E-state index contributed by atoms with van der Waals surface area (Å²) in [5.74, 6) is -1.59. The first-order valence-electron chi connectivity index (χ1n) is 12.2. The van der Waals surface area contributed by atoms with E-state index in [1.165, 1.54) is 0 Å². The Morgan fingerprint density at radius 3 is 2.17 bits per heavy atom. The van der Waals surface area contributed by atoms with Gasteiger partial charge in [-0.15, -0.1) is 11.8 Å². The lowest BCUT2D eigenvalue weighted by molar-refractivity contribution is -0.142. The highest BCUT2D eigenvalue weighted by Gasteiger charge is 2.73. The Bertz CT molecular complexity index is 1100. The molecule has 0 saturated carbocycles. The van der Waals surface area contributed by atoms with Crippen LogP contribution in [-0.4, -0.2) is 56.4 Å². The van der Waals surface area contributed by atoms with Crippen molar-refractivity contribution in [3.05, 3.63) is 71.8 Å². The van der Waals surface area contributed by atoms with Crippen LogP contribution in [0, 0.1) is 11.8 Å². The van der Waals surface area contributed by atoms with E-state index in [1.54, 1.807) is 23.6 Å². The molecule has 5 rings (SSSR count). The number of carbonyl (C=O) groups is 3. The third kappa shape index (κ3) is 4.12. The van der Waals surface area contributed by atoms with Gasteiger partial charge in [-0.2, -0.15) is 0 Å². The first kappa shape index (κ1) is 23.9. The molecule has 3 fully saturated rings. The molecule has 2 bridgehead atoms. The van der Waals surface area contributed by atoms with Crippen LogP contribution in [0.3, 0.4) is 0 Å². The van der Waals surface area contributed by atoms with Gasteiger partial charge in [0.1, 0.15) is 6.04 Å². The van der Waals surface area contributed by atoms with Crippen molar-refractivity contribution < 1.29 is 19.5 Å². The van der Waals surface area contributed by atoms with E-state index in [-0.39, 0.29) is 29.6 Å². The molecule has 6 atom stereocenters. The number of carbonyl (C=O) groups excluding carboxylic acids is 3. The van der Waals surface area contributed by atoms with Gasteiger partial charge in [-0.25, -0.2) is 0 Å². The molecule has 8 heteroatoms. The number of likely N-dealkylation sites (tertiary alicyclic amines) is 1. The third-order valence-electron chi connectivity index (χ3n) is 7.65. The van der Waals surface area contributed by atoms with E-state index in [9.17, 15) is 19.5 Å². The maximum atomic E-state index is 13.8. The number of aliphatic hydroxyl groups excluding tert-OH is 1. The number of nitrogens with zero attached hydrogens (tertiary/aromatic N) is 1. The fourth-order valence-corrected chi connectivity index (χ4v) is 8.24. The highest BCUT2D eigenvalue weighted by molar-refractivity contribution is 8.02. The lowest BCUT2D eigenvalue weighted by atomic mass is 9.70. The Morgan fingerprint density at radius 1 is 1.03 bits per heavy atom. The SMILES string of the molecule is C[C@H](CO)N1C(=O)[C@@H]2[C@@H](C(=O)NCc3ccccc3)[C@H]3CCC2(S3)C1C(=O)NCc1ccccc1. The summed E-state index contributed by atoms with van der Waals surface area (Å²) in [7, 11) is 0. The second kappa shape index (κ2) is 9.66. The van der Waals surface area contributed by atoms with Crippen molar-refractivity contribution in [3.63, 3.8) is 0 Å². The smallest absolute Gasteiger partial charge is 0.244 e. The molecule has 3 saturated heterocycles. The predicted molar refractivity (Wildman–Crippen MR) is 134 cm³/mol. The molecule has 3 aliphatic rings. The van der Waals surface area contributed by atoms with Crippen LogP contribution in [0.25, 0.3) is 0 Å². The van der Waals surface area contributed by atoms with Crippen molar-refractivity contribution in [1.29, 1.82) is 0 Å². The largest absolute Gasteiger partial charge is 0.394 e. The zero-order valence-electron chi connectivity index (χ0n) is 19.7. The average molecular weight is 494 g/mol. The van der Waals surface area contributed by atoms with Crippen LogP contribution in [0.5, 0.6) is 0 Å². The molecular formula is C27H31N3O4S.